The van der Waals surface area contributed by atoms with Gasteiger partial charge in [0.25, 0.3) is 0 Å². The molecule has 0 unspecified atom stereocenters. The van der Waals surface area contributed by atoms with Gasteiger partial charge in [0.05, 0.1) is 12.1 Å². The lowest BCUT2D eigenvalue weighted by Gasteiger charge is -2.08. The molecule has 0 fully saturated rings. The Morgan fingerprint density at radius 2 is 1.96 bits per heavy atom. The van der Waals surface area contributed by atoms with Crippen molar-refractivity contribution in [2.75, 3.05) is 12.3 Å². The highest BCUT2D eigenvalue weighted by atomic mass is 16.5. The number of nitrogens with zero attached hydrogens (tertiary/aromatic N) is 2. The third-order valence-corrected chi connectivity index (χ3v) is 3.63. The molecule has 2 aromatic carbocycles. The van der Waals surface area contributed by atoms with Gasteiger partial charge in [0, 0.05) is 5.69 Å². The van der Waals surface area contributed by atoms with Crippen molar-refractivity contribution in [3.8, 4) is 11.5 Å². The first-order valence-electron chi connectivity index (χ1n) is 7.73. The largest absolute Gasteiger partial charge is 0.465 e. The van der Waals surface area contributed by atoms with Crippen molar-refractivity contribution in [2.24, 2.45) is 0 Å². The van der Waals surface area contributed by atoms with E-state index in [9.17, 15) is 4.79 Å². The molecule has 0 saturated carbocycles. The van der Waals surface area contributed by atoms with E-state index < -0.39 is 0 Å². The number of benzene rings is 2. The molecule has 1 aromatic heterocycles. The Bertz CT molecular complexity index is 869. The lowest BCUT2D eigenvalue weighted by molar-refractivity contribution is -0.143. The Morgan fingerprint density at radius 1 is 1.21 bits per heavy atom. The Kier molecular flexibility index (Phi) is 4.37. The van der Waals surface area contributed by atoms with Crippen LogP contribution in [-0.2, 0) is 16.1 Å². The van der Waals surface area contributed by atoms with Crippen molar-refractivity contribution in [1.29, 1.82) is 0 Å². The highest BCUT2D eigenvalue weighted by molar-refractivity contribution is 5.84. The molecule has 0 aliphatic rings. The number of nitrogens with two attached hydrogens (primary N) is 1. The molecule has 0 atom stereocenters. The van der Waals surface area contributed by atoms with E-state index in [1.54, 1.807) is 31.2 Å². The average molecular weight is 325 g/mol. The molecular weight excluding hydrogens is 306 g/mol. The number of para-hydroxylation sites is 1. The van der Waals surface area contributed by atoms with Crippen LogP contribution < -0.4 is 10.5 Å². The summed E-state index contributed by atoms with van der Waals surface area (Å²) in [6, 6.07) is 12.8. The van der Waals surface area contributed by atoms with E-state index in [-0.39, 0.29) is 12.5 Å². The maximum absolute atomic E-state index is 11.8. The first-order valence-corrected chi connectivity index (χ1v) is 7.73. The molecule has 3 rings (SSSR count). The van der Waals surface area contributed by atoms with Crippen LogP contribution in [0.1, 0.15) is 12.7 Å². The van der Waals surface area contributed by atoms with Crippen LogP contribution in [0.2, 0.25) is 0 Å². The molecule has 0 amide bonds. The van der Waals surface area contributed by atoms with Crippen LogP contribution in [0.25, 0.3) is 11.0 Å². The Balaban J connectivity index is 1.96. The topological polar surface area (TPSA) is 79.4 Å². The number of anilines is 1. The zero-order chi connectivity index (χ0) is 17.1. The number of aromatic nitrogens is 2. The number of nitrogen functional groups attached to an aromatic ring is 1. The van der Waals surface area contributed by atoms with Gasteiger partial charge in [0.15, 0.2) is 5.75 Å². The summed E-state index contributed by atoms with van der Waals surface area (Å²) in [6.07, 6.45) is 0. The predicted molar refractivity (Wildman–Crippen MR) is 92.0 cm³/mol. The first kappa shape index (κ1) is 15.9. The van der Waals surface area contributed by atoms with Crippen molar-refractivity contribution in [3.63, 3.8) is 0 Å². The number of hydrogen-bond donors (Lipinski definition) is 1. The minimum absolute atomic E-state index is 0.126. The third-order valence-electron chi connectivity index (χ3n) is 3.63. The second-order valence-corrected chi connectivity index (χ2v) is 5.35. The number of carbonyl (C=O) groups is 1. The average Bonchev–Trinajstić information content (AvgIpc) is 2.87. The van der Waals surface area contributed by atoms with E-state index >= 15 is 0 Å². The van der Waals surface area contributed by atoms with E-state index in [4.69, 9.17) is 15.2 Å². The monoisotopic (exact) mass is 325 g/mol. The van der Waals surface area contributed by atoms with Crippen molar-refractivity contribution >= 4 is 22.7 Å². The molecule has 2 N–H and O–H groups in total. The van der Waals surface area contributed by atoms with Gasteiger partial charge >= 0.3 is 5.97 Å². The number of carbonyl (C=O) groups excluding carboxylic acids is 1. The summed E-state index contributed by atoms with van der Waals surface area (Å²) >= 11 is 0. The molecule has 0 bridgehead atoms. The molecule has 6 heteroatoms. The van der Waals surface area contributed by atoms with E-state index in [1.807, 2.05) is 29.7 Å². The number of rotatable bonds is 5. The molecule has 24 heavy (non-hydrogen) atoms. The predicted octanol–water partition coefficient (Wildman–Crippen LogP) is 3.28. The fourth-order valence-electron chi connectivity index (χ4n) is 2.52. The second kappa shape index (κ2) is 6.62. The van der Waals surface area contributed by atoms with E-state index in [2.05, 4.69) is 4.98 Å². The summed E-state index contributed by atoms with van der Waals surface area (Å²) in [5.74, 6) is 1.74. The summed E-state index contributed by atoms with van der Waals surface area (Å²) < 4.78 is 12.8. The van der Waals surface area contributed by atoms with Crippen molar-refractivity contribution in [3.05, 3.63) is 48.3 Å². The zero-order valence-corrected chi connectivity index (χ0v) is 13.7. The van der Waals surface area contributed by atoms with E-state index in [0.29, 0.717) is 29.3 Å². The van der Waals surface area contributed by atoms with Gasteiger partial charge in [0.1, 0.15) is 23.6 Å². The van der Waals surface area contributed by atoms with Crippen molar-refractivity contribution in [2.45, 2.75) is 20.4 Å². The van der Waals surface area contributed by atoms with Crippen LogP contribution in [0, 0.1) is 6.92 Å². The number of esters is 1. The number of ether oxygens (including phenoxy) is 2. The minimum atomic E-state index is -0.287. The van der Waals surface area contributed by atoms with Crippen molar-refractivity contribution in [1.82, 2.24) is 9.55 Å². The molecule has 0 radical (unpaired) electrons. The van der Waals surface area contributed by atoms with Crippen LogP contribution >= 0.6 is 0 Å². The van der Waals surface area contributed by atoms with Gasteiger partial charge in [-0.3, -0.25) is 4.79 Å². The maximum Gasteiger partial charge on any atom is 0.326 e. The summed E-state index contributed by atoms with van der Waals surface area (Å²) in [5, 5.41) is 0. The summed E-state index contributed by atoms with van der Waals surface area (Å²) in [7, 11) is 0. The number of fused-ring (bicyclic) bond motifs is 1. The second-order valence-electron chi connectivity index (χ2n) is 5.35. The number of hydrogen-bond acceptors (Lipinski definition) is 5. The van der Waals surface area contributed by atoms with Crippen LogP contribution in [0.15, 0.2) is 42.5 Å². The molecule has 0 aliphatic carbocycles. The standard InChI is InChI=1S/C18H19N3O3/c1-3-23-17(22)11-21-12(2)20-18-15(21)5-4-6-16(18)24-14-9-7-13(19)8-10-14/h4-10H,3,11,19H2,1-2H3. The molecule has 1 heterocycles. The maximum atomic E-state index is 11.8. The van der Waals surface area contributed by atoms with Crippen LogP contribution in [-0.4, -0.2) is 22.1 Å². The minimum Gasteiger partial charge on any atom is -0.465 e. The molecular formula is C18H19N3O3. The fraction of sp³-hybridized carbons (Fsp3) is 0.222. The zero-order valence-electron chi connectivity index (χ0n) is 13.7. The molecule has 3 aromatic rings. The van der Waals surface area contributed by atoms with Gasteiger partial charge in [-0.05, 0) is 50.2 Å². The highest BCUT2D eigenvalue weighted by Crippen LogP contribution is 2.30. The smallest absolute Gasteiger partial charge is 0.326 e. The van der Waals surface area contributed by atoms with Gasteiger partial charge in [0.2, 0.25) is 0 Å². The van der Waals surface area contributed by atoms with Gasteiger partial charge < -0.3 is 19.8 Å². The normalized spacial score (nSPS) is 10.8. The number of aryl methyl sites for hydroxylation is 1. The third kappa shape index (κ3) is 3.17. The SMILES string of the molecule is CCOC(=O)Cn1c(C)nc2c(Oc3ccc(N)cc3)cccc21. The van der Waals surface area contributed by atoms with Gasteiger partial charge in [-0.25, -0.2) is 4.98 Å². The Hall–Kier alpha value is -3.02. The van der Waals surface area contributed by atoms with Gasteiger partial charge in [-0.2, -0.15) is 0 Å². The van der Waals surface area contributed by atoms with Crippen LogP contribution in [0.3, 0.4) is 0 Å². The summed E-state index contributed by atoms with van der Waals surface area (Å²) in [5.41, 5.74) is 7.90. The summed E-state index contributed by atoms with van der Waals surface area (Å²) in [6.45, 7) is 4.12. The number of imidazole rings is 1. The molecule has 0 spiro atoms. The van der Waals surface area contributed by atoms with Gasteiger partial charge in [-0.1, -0.05) is 6.07 Å². The molecule has 0 aliphatic heterocycles. The fourth-order valence-corrected chi connectivity index (χ4v) is 2.52. The Labute approximate surface area is 139 Å². The van der Waals surface area contributed by atoms with E-state index in [1.165, 1.54) is 0 Å². The summed E-state index contributed by atoms with van der Waals surface area (Å²) in [4.78, 5) is 16.3. The molecule has 0 saturated heterocycles. The molecule has 6 nitrogen and oxygen atoms in total. The lowest BCUT2D eigenvalue weighted by Crippen LogP contribution is -2.14. The van der Waals surface area contributed by atoms with E-state index in [0.717, 1.165) is 11.3 Å². The van der Waals surface area contributed by atoms with Gasteiger partial charge in [-0.15, -0.1) is 0 Å². The lowest BCUT2D eigenvalue weighted by atomic mass is 10.2. The highest BCUT2D eigenvalue weighted by Gasteiger charge is 2.15. The van der Waals surface area contributed by atoms with Crippen molar-refractivity contribution < 1.29 is 14.3 Å². The Morgan fingerprint density at radius 3 is 2.67 bits per heavy atom. The quantitative estimate of drug-likeness (QED) is 0.575. The van der Waals surface area contributed by atoms with Crippen LogP contribution in [0.4, 0.5) is 5.69 Å². The van der Waals surface area contributed by atoms with Crippen LogP contribution in [0.5, 0.6) is 11.5 Å². The molecule has 124 valence electrons. The first-order chi connectivity index (χ1) is 11.6.